The lowest BCUT2D eigenvalue weighted by molar-refractivity contribution is -0.110. The van der Waals surface area contributed by atoms with Crippen molar-refractivity contribution in [2.45, 2.75) is 13.8 Å². The van der Waals surface area contributed by atoms with E-state index < -0.39 is 0 Å². The first-order valence-corrected chi connectivity index (χ1v) is 5.44. The van der Waals surface area contributed by atoms with Crippen molar-refractivity contribution in [2.24, 2.45) is 0 Å². The second-order valence-electron chi connectivity index (χ2n) is 3.94. The first kappa shape index (κ1) is 13.8. The summed E-state index contributed by atoms with van der Waals surface area (Å²) in [5, 5.41) is 8.96. The van der Waals surface area contributed by atoms with Crippen molar-refractivity contribution < 1.29 is 14.6 Å². The smallest absolute Gasteiger partial charge is 0.182 e. The topological polar surface area (TPSA) is 46.5 Å². The van der Waals surface area contributed by atoms with Crippen LogP contribution < -0.4 is 0 Å². The van der Waals surface area contributed by atoms with Gasteiger partial charge in [0.1, 0.15) is 17.3 Å². The number of carbonyl (C=O) groups is 1. The normalized spacial score (nSPS) is 16.7. The number of carbonyl (C=O) groups excluding carboxylic acids is 1. The van der Waals surface area contributed by atoms with Gasteiger partial charge < -0.3 is 9.84 Å². The zero-order valence-corrected chi connectivity index (χ0v) is 10.6. The van der Waals surface area contributed by atoms with Crippen LogP contribution in [0.5, 0.6) is 0 Å². The molecule has 0 atom stereocenters. The molecule has 0 bridgehead atoms. The first-order chi connectivity index (χ1) is 8.40. The Bertz CT molecular complexity index is 514. The average Bonchev–Trinajstić information content (AvgIpc) is 2.30. The van der Waals surface area contributed by atoms with Gasteiger partial charge in [0, 0.05) is 11.6 Å². The maximum atomic E-state index is 11.2. The zero-order chi connectivity index (χ0) is 13.7. The largest absolute Gasteiger partial charge is 0.509 e. The molecule has 3 heteroatoms. The summed E-state index contributed by atoms with van der Waals surface area (Å²) in [5.74, 6) is 0.919. The van der Waals surface area contributed by atoms with E-state index in [9.17, 15) is 4.79 Å². The van der Waals surface area contributed by atoms with Gasteiger partial charge in [-0.2, -0.15) is 0 Å². The lowest BCUT2D eigenvalue weighted by Gasteiger charge is -2.13. The third-order valence-electron chi connectivity index (χ3n) is 2.38. The number of hydrogen-bond donors (Lipinski definition) is 1. The molecule has 0 aromatic carbocycles. The van der Waals surface area contributed by atoms with E-state index >= 15 is 0 Å². The lowest BCUT2D eigenvalue weighted by Crippen LogP contribution is -2.02. The number of allylic oxidation sites excluding steroid dienone is 7. The lowest BCUT2D eigenvalue weighted by atomic mass is 10.1. The second kappa shape index (κ2) is 5.87. The summed E-state index contributed by atoms with van der Waals surface area (Å²) < 4.78 is 5.57. The van der Waals surface area contributed by atoms with Crippen LogP contribution >= 0.6 is 0 Å². The number of aliphatic hydroxyl groups is 1. The molecule has 18 heavy (non-hydrogen) atoms. The van der Waals surface area contributed by atoms with E-state index in [1.54, 1.807) is 19.1 Å². The predicted molar refractivity (Wildman–Crippen MR) is 71.7 cm³/mol. The van der Waals surface area contributed by atoms with Crippen molar-refractivity contribution in [1.29, 1.82) is 0 Å². The number of ether oxygens (including phenoxy) is 1. The third kappa shape index (κ3) is 3.94. The Morgan fingerprint density at radius 3 is 2.61 bits per heavy atom. The number of hydrogen-bond acceptors (Lipinski definition) is 3. The summed E-state index contributed by atoms with van der Waals surface area (Å²) in [6.45, 7) is 10.7. The van der Waals surface area contributed by atoms with Crippen molar-refractivity contribution in [2.75, 3.05) is 0 Å². The fourth-order valence-electron chi connectivity index (χ4n) is 1.21. The Labute approximate surface area is 107 Å². The molecule has 0 amide bonds. The van der Waals surface area contributed by atoms with Gasteiger partial charge in [-0.25, -0.2) is 0 Å². The molecule has 1 aliphatic carbocycles. The van der Waals surface area contributed by atoms with E-state index in [0.717, 1.165) is 5.57 Å². The SMILES string of the molecule is C=C(O)/C=C\C(C)=C(/C)OC1=CC(=O)C=CC1=C. The molecule has 3 nitrogen and oxygen atoms in total. The van der Waals surface area contributed by atoms with Crippen LogP contribution in [0.1, 0.15) is 13.8 Å². The molecule has 1 N–H and O–H groups in total. The average molecular weight is 244 g/mol. The zero-order valence-electron chi connectivity index (χ0n) is 10.6. The second-order valence-corrected chi connectivity index (χ2v) is 3.94. The molecule has 0 saturated heterocycles. The molecule has 1 aliphatic rings. The van der Waals surface area contributed by atoms with E-state index in [4.69, 9.17) is 9.84 Å². The Hall–Kier alpha value is -2.29. The highest BCUT2D eigenvalue weighted by atomic mass is 16.5. The molecule has 0 saturated carbocycles. The van der Waals surface area contributed by atoms with Gasteiger partial charge >= 0.3 is 0 Å². The van der Waals surface area contributed by atoms with Crippen molar-refractivity contribution in [3.8, 4) is 0 Å². The van der Waals surface area contributed by atoms with Crippen LogP contribution in [0, 0.1) is 0 Å². The minimum absolute atomic E-state index is 0.0263. The molecule has 0 spiro atoms. The molecule has 1 rings (SSSR count). The van der Waals surface area contributed by atoms with E-state index in [-0.39, 0.29) is 11.5 Å². The molecular weight excluding hydrogens is 228 g/mol. The maximum Gasteiger partial charge on any atom is 0.182 e. The van der Waals surface area contributed by atoms with Crippen LogP contribution in [-0.2, 0) is 9.53 Å². The van der Waals surface area contributed by atoms with Crippen LogP contribution in [0.25, 0.3) is 0 Å². The molecule has 0 fully saturated rings. The van der Waals surface area contributed by atoms with Gasteiger partial charge in [-0.05, 0) is 37.6 Å². The minimum atomic E-state index is -0.123. The Morgan fingerprint density at radius 1 is 1.33 bits per heavy atom. The highest BCUT2D eigenvalue weighted by molar-refractivity contribution is 6.01. The van der Waals surface area contributed by atoms with Crippen LogP contribution in [0.4, 0.5) is 0 Å². The summed E-state index contributed by atoms with van der Waals surface area (Å²) in [6.07, 6.45) is 7.61. The van der Waals surface area contributed by atoms with Crippen molar-refractivity contribution in [3.63, 3.8) is 0 Å². The van der Waals surface area contributed by atoms with Crippen molar-refractivity contribution in [3.05, 3.63) is 72.0 Å². The standard InChI is InChI=1S/C15H16O3/c1-10(5-7-12(3)16)13(4)18-15-9-14(17)8-6-11(15)2/h5-9,16H,2-3H2,1,4H3/b7-5-,13-10+. The van der Waals surface area contributed by atoms with E-state index in [2.05, 4.69) is 13.2 Å². The van der Waals surface area contributed by atoms with E-state index in [1.807, 2.05) is 6.92 Å². The first-order valence-electron chi connectivity index (χ1n) is 5.44. The summed E-state index contributed by atoms with van der Waals surface area (Å²) in [6, 6.07) is 0. The Balaban J connectivity index is 2.84. The van der Waals surface area contributed by atoms with Gasteiger partial charge in [0.25, 0.3) is 0 Å². The summed E-state index contributed by atoms with van der Waals surface area (Å²) in [7, 11) is 0. The molecule has 0 unspecified atom stereocenters. The maximum absolute atomic E-state index is 11.2. The molecule has 94 valence electrons. The Kier molecular flexibility index (Phi) is 4.49. The molecule has 0 aromatic heterocycles. The summed E-state index contributed by atoms with van der Waals surface area (Å²) >= 11 is 0. The number of ketones is 1. The van der Waals surface area contributed by atoms with Gasteiger partial charge in [-0.15, -0.1) is 0 Å². The van der Waals surface area contributed by atoms with E-state index in [1.165, 1.54) is 18.2 Å². The van der Waals surface area contributed by atoms with Crippen LogP contribution in [0.2, 0.25) is 0 Å². The van der Waals surface area contributed by atoms with E-state index in [0.29, 0.717) is 17.1 Å². The van der Waals surface area contributed by atoms with Crippen molar-refractivity contribution in [1.82, 2.24) is 0 Å². The summed E-state index contributed by atoms with van der Waals surface area (Å²) in [5.41, 5.74) is 1.47. The molecule has 0 radical (unpaired) electrons. The molecular formula is C15H16O3. The number of aliphatic hydroxyl groups excluding tert-OH is 1. The molecule has 0 aliphatic heterocycles. The van der Waals surface area contributed by atoms with Gasteiger partial charge in [0.2, 0.25) is 0 Å². The van der Waals surface area contributed by atoms with Crippen molar-refractivity contribution >= 4 is 5.78 Å². The van der Waals surface area contributed by atoms with Gasteiger partial charge in [-0.1, -0.05) is 19.2 Å². The quantitative estimate of drug-likeness (QED) is 0.608. The van der Waals surface area contributed by atoms with Gasteiger partial charge in [0.15, 0.2) is 5.78 Å². The van der Waals surface area contributed by atoms with Crippen LogP contribution in [0.3, 0.4) is 0 Å². The fraction of sp³-hybridized carbons (Fsp3) is 0.133. The predicted octanol–water partition coefficient (Wildman–Crippen LogP) is 3.50. The van der Waals surface area contributed by atoms with Crippen LogP contribution in [-0.4, -0.2) is 10.9 Å². The fourth-order valence-corrected chi connectivity index (χ4v) is 1.21. The monoisotopic (exact) mass is 244 g/mol. The third-order valence-corrected chi connectivity index (χ3v) is 2.38. The van der Waals surface area contributed by atoms with Gasteiger partial charge in [-0.3, -0.25) is 4.79 Å². The Morgan fingerprint density at radius 2 is 2.00 bits per heavy atom. The summed E-state index contributed by atoms with van der Waals surface area (Å²) in [4.78, 5) is 11.2. The van der Waals surface area contributed by atoms with Gasteiger partial charge in [0.05, 0.1) is 0 Å². The highest BCUT2D eigenvalue weighted by Gasteiger charge is 2.10. The number of rotatable bonds is 4. The minimum Gasteiger partial charge on any atom is -0.509 e. The highest BCUT2D eigenvalue weighted by Crippen LogP contribution is 2.21. The molecule has 0 heterocycles. The molecule has 0 aromatic rings. The van der Waals surface area contributed by atoms with Crippen LogP contribution in [0.15, 0.2) is 72.0 Å².